The van der Waals surface area contributed by atoms with E-state index in [1.807, 2.05) is 22.8 Å². The van der Waals surface area contributed by atoms with Crippen molar-refractivity contribution < 1.29 is 14.4 Å². The minimum atomic E-state index is -0.597. The zero-order chi connectivity index (χ0) is 20.1. The third kappa shape index (κ3) is 2.80. The Morgan fingerprint density at radius 2 is 2.00 bits per heavy atom. The number of aromatic nitrogens is 2. The lowest BCUT2D eigenvalue weighted by molar-refractivity contribution is -0.385. The molecule has 0 saturated heterocycles. The van der Waals surface area contributed by atoms with E-state index in [-0.39, 0.29) is 11.6 Å². The Morgan fingerprint density at radius 1 is 1.24 bits per heavy atom. The monoisotopic (exact) mass is 394 g/mol. The second-order valence-electron chi connectivity index (χ2n) is 6.96. The Morgan fingerprint density at radius 3 is 2.76 bits per heavy atom. The highest BCUT2D eigenvalue weighted by atomic mass is 16.6. The maximum atomic E-state index is 11.4. The van der Waals surface area contributed by atoms with Gasteiger partial charge in [-0.2, -0.15) is 0 Å². The Bertz CT molecular complexity index is 1190. The molecule has 5 rings (SSSR count). The van der Waals surface area contributed by atoms with E-state index in [4.69, 9.17) is 15.2 Å². The van der Waals surface area contributed by atoms with Gasteiger partial charge in [0.25, 0.3) is 5.69 Å². The molecule has 3 aromatic rings. The van der Waals surface area contributed by atoms with Crippen molar-refractivity contribution in [3.63, 3.8) is 0 Å². The number of nitrogens with one attached hydrogen (secondary N) is 1. The predicted octanol–water partition coefficient (Wildman–Crippen LogP) is 2.70. The molecule has 148 valence electrons. The topological polar surface area (TPSA) is 130 Å². The van der Waals surface area contributed by atoms with Crippen LogP contribution < -0.4 is 20.5 Å². The van der Waals surface area contributed by atoms with E-state index in [1.165, 1.54) is 6.07 Å². The number of hydrogen-bond donors (Lipinski definition) is 2. The highest BCUT2D eigenvalue weighted by Gasteiger charge is 2.28. The van der Waals surface area contributed by atoms with E-state index in [0.717, 1.165) is 11.9 Å². The molecule has 3 heterocycles. The average Bonchev–Trinajstić information content (AvgIpc) is 2.87. The summed E-state index contributed by atoms with van der Waals surface area (Å²) >= 11 is 0. The zero-order valence-electron chi connectivity index (χ0n) is 15.6. The third-order valence-corrected chi connectivity index (χ3v) is 5.03. The van der Waals surface area contributed by atoms with Crippen LogP contribution in [0.25, 0.3) is 11.0 Å². The molecule has 1 unspecified atom stereocenters. The molecule has 10 nitrogen and oxygen atoms in total. The fraction of sp³-hybridized carbons (Fsp3) is 0.263. The number of anilines is 1. The summed E-state index contributed by atoms with van der Waals surface area (Å²) in [5.74, 6) is 1.96. The first-order valence-corrected chi connectivity index (χ1v) is 9.18. The van der Waals surface area contributed by atoms with Crippen LogP contribution in [0, 0.1) is 17.0 Å². The molecule has 1 atom stereocenters. The first kappa shape index (κ1) is 17.3. The zero-order valence-corrected chi connectivity index (χ0v) is 15.6. The van der Waals surface area contributed by atoms with Gasteiger partial charge in [0.1, 0.15) is 0 Å². The van der Waals surface area contributed by atoms with Crippen LogP contribution in [0.15, 0.2) is 35.3 Å². The van der Waals surface area contributed by atoms with Crippen molar-refractivity contribution in [1.29, 1.82) is 0 Å². The van der Waals surface area contributed by atoms with E-state index in [1.54, 1.807) is 13.0 Å². The molecule has 0 radical (unpaired) electrons. The number of aliphatic imine (C=N–C) groups is 1. The normalized spacial score (nSPS) is 17.8. The number of aryl methyl sites for hydroxylation is 1. The van der Waals surface area contributed by atoms with Crippen LogP contribution >= 0.6 is 0 Å². The smallest absolute Gasteiger partial charge is 0.272 e. The number of nitro groups is 1. The molecule has 0 aliphatic carbocycles. The second kappa shape index (κ2) is 6.36. The van der Waals surface area contributed by atoms with Gasteiger partial charge in [-0.05, 0) is 6.92 Å². The number of ether oxygens (including phenoxy) is 2. The Balaban J connectivity index is 1.70. The number of hydrogen-bond acceptors (Lipinski definition) is 8. The largest absolute Gasteiger partial charge is 0.489 e. The summed E-state index contributed by atoms with van der Waals surface area (Å²) in [6, 6.07) is 8.74. The number of benzene rings is 2. The van der Waals surface area contributed by atoms with Gasteiger partial charge < -0.3 is 15.2 Å². The Hall–Kier alpha value is -3.82. The molecule has 2 aliphatic rings. The molecule has 2 aliphatic heterocycles. The number of guanidine groups is 1. The predicted molar refractivity (Wildman–Crippen MR) is 107 cm³/mol. The SMILES string of the molecule is Cc1ccc(C2N=C(N)Nc3nc4cc5c(cc4n32)OCCCO5)cc1[N+](=O)[O-]. The van der Waals surface area contributed by atoms with E-state index in [0.29, 0.717) is 47.3 Å². The lowest BCUT2D eigenvalue weighted by Crippen LogP contribution is -2.31. The Kier molecular flexibility index (Phi) is 3.79. The number of fused-ring (bicyclic) bond motifs is 4. The summed E-state index contributed by atoms with van der Waals surface area (Å²) in [4.78, 5) is 20.1. The summed E-state index contributed by atoms with van der Waals surface area (Å²) < 4.78 is 13.4. The summed E-state index contributed by atoms with van der Waals surface area (Å²) in [5.41, 5.74) is 8.68. The fourth-order valence-electron chi connectivity index (χ4n) is 3.63. The van der Waals surface area contributed by atoms with Gasteiger partial charge >= 0.3 is 0 Å². The molecule has 3 N–H and O–H groups in total. The lowest BCUT2D eigenvalue weighted by Gasteiger charge is -2.24. The van der Waals surface area contributed by atoms with E-state index < -0.39 is 11.1 Å². The number of imidazole rings is 1. The van der Waals surface area contributed by atoms with Gasteiger partial charge in [0.05, 0.1) is 29.2 Å². The lowest BCUT2D eigenvalue weighted by atomic mass is 10.1. The molecule has 29 heavy (non-hydrogen) atoms. The summed E-state index contributed by atoms with van der Waals surface area (Å²) in [6.45, 7) is 2.85. The first-order valence-electron chi connectivity index (χ1n) is 9.18. The number of nitrogens with two attached hydrogens (primary N) is 1. The Labute approximate surface area is 165 Å². The quantitative estimate of drug-likeness (QED) is 0.505. The van der Waals surface area contributed by atoms with Crippen LogP contribution in [0.3, 0.4) is 0 Å². The standard InChI is InChI=1S/C19H18N6O4/c1-10-3-4-11(7-13(10)25(26)27)17-22-18(20)23-19-21-12-8-15-16(9-14(12)24(17)19)29-6-2-5-28-15/h3-4,7-9,17H,2,5-6H2,1H3,(H3,20,21,22,23). The molecule has 1 aromatic heterocycles. The number of nitrogens with zero attached hydrogens (tertiary/aromatic N) is 4. The molecule has 0 spiro atoms. The van der Waals surface area contributed by atoms with Gasteiger partial charge in [-0.25, -0.2) is 9.98 Å². The molecule has 0 fully saturated rings. The van der Waals surface area contributed by atoms with Crippen molar-refractivity contribution in [3.8, 4) is 11.5 Å². The molecular weight excluding hydrogens is 376 g/mol. The van der Waals surface area contributed by atoms with Crippen LogP contribution in [0.2, 0.25) is 0 Å². The maximum Gasteiger partial charge on any atom is 0.272 e. The van der Waals surface area contributed by atoms with Gasteiger partial charge in [-0.3, -0.25) is 20.0 Å². The molecule has 10 heteroatoms. The van der Waals surface area contributed by atoms with Crippen molar-refractivity contribution in [2.24, 2.45) is 10.7 Å². The summed E-state index contributed by atoms with van der Waals surface area (Å²) in [7, 11) is 0. The first-order chi connectivity index (χ1) is 14.0. The minimum absolute atomic E-state index is 0.0337. The van der Waals surface area contributed by atoms with Crippen molar-refractivity contribution in [3.05, 3.63) is 51.6 Å². The highest BCUT2D eigenvalue weighted by Crippen LogP contribution is 2.39. The van der Waals surface area contributed by atoms with Crippen molar-refractivity contribution in [2.45, 2.75) is 19.5 Å². The van der Waals surface area contributed by atoms with E-state index in [2.05, 4.69) is 15.3 Å². The van der Waals surface area contributed by atoms with Crippen molar-refractivity contribution in [1.82, 2.24) is 9.55 Å². The molecule has 0 amide bonds. The van der Waals surface area contributed by atoms with Gasteiger partial charge in [-0.1, -0.05) is 12.1 Å². The van der Waals surface area contributed by atoms with Gasteiger partial charge in [-0.15, -0.1) is 0 Å². The minimum Gasteiger partial charge on any atom is -0.489 e. The highest BCUT2D eigenvalue weighted by molar-refractivity contribution is 5.95. The molecule has 0 saturated carbocycles. The van der Waals surface area contributed by atoms with Crippen molar-refractivity contribution >= 4 is 28.6 Å². The van der Waals surface area contributed by atoms with Gasteiger partial charge in [0.2, 0.25) is 5.95 Å². The summed E-state index contributed by atoms with van der Waals surface area (Å²) in [5, 5.41) is 14.4. The summed E-state index contributed by atoms with van der Waals surface area (Å²) in [6.07, 6.45) is 0.204. The molecule has 0 bridgehead atoms. The van der Waals surface area contributed by atoms with Crippen LogP contribution in [0.5, 0.6) is 11.5 Å². The third-order valence-electron chi connectivity index (χ3n) is 5.03. The van der Waals surface area contributed by atoms with E-state index in [9.17, 15) is 10.1 Å². The average molecular weight is 394 g/mol. The molecule has 2 aromatic carbocycles. The van der Waals surface area contributed by atoms with E-state index >= 15 is 0 Å². The number of nitro benzene ring substituents is 1. The van der Waals surface area contributed by atoms with Crippen LogP contribution in [-0.2, 0) is 0 Å². The van der Waals surface area contributed by atoms with Gasteiger partial charge in [0.15, 0.2) is 23.6 Å². The van der Waals surface area contributed by atoms with Gasteiger partial charge in [0, 0.05) is 35.7 Å². The number of rotatable bonds is 2. The second-order valence-corrected chi connectivity index (χ2v) is 6.96. The van der Waals surface area contributed by atoms with Crippen LogP contribution in [0.4, 0.5) is 11.6 Å². The fourth-order valence-corrected chi connectivity index (χ4v) is 3.63. The van der Waals surface area contributed by atoms with Crippen LogP contribution in [-0.4, -0.2) is 33.6 Å². The van der Waals surface area contributed by atoms with Crippen LogP contribution in [0.1, 0.15) is 23.7 Å². The molecular formula is C19H18N6O4. The maximum absolute atomic E-state index is 11.4. The van der Waals surface area contributed by atoms with Crippen molar-refractivity contribution in [2.75, 3.05) is 18.5 Å².